The number of rotatable bonds is 4. The second-order valence-electron chi connectivity index (χ2n) is 8.76. The van der Waals surface area contributed by atoms with E-state index in [1.54, 1.807) is 39.0 Å². The lowest BCUT2D eigenvalue weighted by Gasteiger charge is -2.21. The fourth-order valence-electron chi connectivity index (χ4n) is 4.23. The molecule has 0 fully saturated rings. The molecule has 3 aromatic rings. The van der Waals surface area contributed by atoms with Gasteiger partial charge in [-0.1, -0.05) is 31.2 Å². The van der Waals surface area contributed by atoms with Gasteiger partial charge in [0.25, 0.3) is 0 Å². The predicted molar refractivity (Wildman–Crippen MR) is 119 cm³/mol. The van der Waals surface area contributed by atoms with Gasteiger partial charge in [0.1, 0.15) is 11.9 Å². The SMILES string of the molecule is CCc1c(C=O)ccc2c1cc(C(=O)C1NCc3ccccc31)n2C(=O)OC(C)(C)C. The predicted octanol–water partition coefficient (Wildman–Crippen LogP) is 4.83. The number of hydrogen-bond donors (Lipinski definition) is 1. The number of aromatic nitrogens is 1. The first-order chi connectivity index (χ1) is 14.7. The van der Waals surface area contributed by atoms with Crippen molar-refractivity contribution in [2.75, 3.05) is 0 Å². The second-order valence-corrected chi connectivity index (χ2v) is 8.76. The highest BCUT2D eigenvalue weighted by Gasteiger charge is 2.33. The summed E-state index contributed by atoms with van der Waals surface area (Å²) < 4.78 is 6.97. The van der Waals surface area contributed by atoms with Crippen LogP contribution in [0.3, 0.4) is 0 Å². The fraction of sp³-hybridized carbons (Fsp3) is 0.320. The molecule has 2 heterocycles. The maximum absolute atomic E-state index is 13.7. The zero-order valence-electron chi connectivity index (χ0n) is 18.2. The summed E-state index contributed by atoms with van der Waals surface area (Å²) in [5.74, 6) is -0.207. The van der Waals surface area contributed by atoms with Gasteiger partial charge in [-0.15, -0.1) is 0 Å². The molecule has 160 valence electrons. The van der Waals surface area contributed by atoms with Crippen molar-refractivity contribution >= 4 is 29.1 Å². The summed E-state index contributed by atoms with van der Waals surface area (Å²) in [4.78, 5) is 38.4. The molecule has 0 bridgehead atoms. The first-order valence-electron chi connectivity index (χ1n) is 10.5. The van der Waals surface area contributed by atoms with Gasteiger partial charge in [-0.2, -0.15) is 0 Å². The van der Waals surface area contributed by atoms with Crippen LogP contribution in [0.4, 0.5) is 4.79 Å². The highest BCUT2D eigenvalue weighted by Crippen LogP contribution is 2.32. The number of nitrogens with zero attached hydrogens (tertiary/aromatic N) is 1. The maximum Gasteiger partial charge on any atom is 0.419 e. The van der Waals surface area contributed by atoms with Crippen LogP contribution >= 0.6 is 0 Å². The van der Waals surface area contributed by atoms with E-state index in [-0.39, 0.29) is 11.5 Å². The first kappa shape index (κ1) is 21.0. The highest BCUT2D eigenvalue weighted by atomic mass is 16.6. The van der Waals surface area contributed by atoms with E-state index in [0.29, 0.717) is 29.4 Å². The number of ketones is 1. The minimum atomic E-state index is -0.720. The molecule has 0 aliphatic carbocycles. The average molecular weight is 418 g/mol. The van der Waals surface area contributed by atoms with Crippen molar-refractivity contribution < 1.29 is 19.1 Å². The molecule has 6 nitrogen and oxygen atoms in total. The van der Waals surface area contributed by atoms with Crippen molar-refractivity contribution in [3.8, 4) is 0 Å². The summed E-state index contributed by atoms with van der Waals surface area (Å²) >= 11 is 0. The molecule has 1 atom stereocenters. The van der Waals surface area contributed by atoms with Crippen molar-refractivity contribution in [3.05, 3.63) is 70.4 Å². The molecular formula is C25H26N2O4. The molecule has 0 radical (unpaired) electrons. The Morgan fingerprint density at radius 1 is 1.19 bits per heavy atom. The van der Waals surface area contributed by atoms with Crippen LogP contribution in [0.1, 0.15) is 71.3 Å². The number of hydrogen-bond acceptors (Lipinski definition) is 5. The fourth-order valence-corrected chi connectivity index (χ4v) is 4.23. The van der Waals surface area contributed by atoms with Crippen molar-refractivity contribution in [3.63, 3.8) is 0 Å². The molecule has 1 aliphatic heterocycles. The Morgan fingerprint density at radius 3 is 2.61 bits per heavy atom. The summed E-state index contributed by atoms with van der Waals surface area (Å²) in [6.45, 7) is 7.90. The second kappa shape index (κ2) is 7.78. The number of carbonyl (C=O) groups is 3. The van der Waals surface area contributed by atoms with Crippen LogP contribution in [-0.4, -0.2) is 28.3 Å². The van der Waals surface area contributed by atoms with Crippen LogP contribution in [0.15, 0.2) is 42.5 Å². The Morgan fingerprint density at radius 2 is 1.94 bits per heavy atom. The molecule has 1 N–H and O–H groups in total. The Labute approximate surface area is 181 Å². The van der Waals surface area contributed by atoms with E-state index in [9.17, 15) is 14.4 Å². The number of Topliss-reactive ketones (excluding diaryl/α,β-unsaturated/α-hetero) is 1. The third-order valence-electron chi connectivity index (χ3n) is 5.57. The quantitative estimate of drug-likeness (QED) is 0.485. The number of ether oxygens (including phenoxy) is 1. The maximum atomic E-state index is 13.7. The minimum Gasteiger partial charge on any atom is -0.443 e. The van der Waals surface area contributed by atoms with E-state index in [1.807, 2.05) is 31.2 Å². The Hall–Kier alpha value is -3.25. The van der Waals surface area contributed by atoms with Gasteiger partial charge in [-0.05, 0) is 62.1 Å². The molecule has 1 aliphatic rings. The van der Waals surface area contributed by atoms with E-state index in [2.05, 4.69) is 5.32 Å². The molecule has 6 heteroatoms. The summed E-state index contributed by atoms with van der Waals surface area (Å²) in [5.41, 5.74) is 3.43. The van der Waals surface area contributed by atoms with Gasteiger partial charge in [-0.25, -0.2) is 9.36 Å². The molecule has 4 rings (SSSR count). The summed E-state index contributed by atoms with van der Waals surface area (Å²) in [6.07, 6.45) is 0.791. The minimum absolute atomic E-state index is 0.207. The average Bonchev–Trinajstić information content (AvgIpc) is 3.33. The number of nitrogens with one attached hydrogen (secondary N) is 1. The summed E-state index contributed by atoms with van der Waals surface area (Å²) in [7, 11) is 0. The lowest BCUT2D eigenvalue weighted by Crippen LogP contribution is -2.31. The third kappa shape index (κ3) is 3.68. The van der Waals surface area contributed by atoms with Gasteiger partial charge in [-0.3, -0.25) is 14.9 Å². The Kier molecular flexibility index (Phi) is 5.27. The van der Waals surface area contributed by atoms with Gasteiger partial charge in [0.15, 0.2) is 0 Å². The van der Waals surface area contributed by atoms with Crippen molar-refractivity contribution in [2.45, 2.75) is 52.3 Å². The summed E-state index contributed by atoms with van der Waals surface area (Å²) in [6, 6.07) is 12.3. The van der Waals surface area contributed by atoms with E-state index in [0.717, 1.165) is 23.0 Å². The van der Waals surface area contributed by atoms with Crippen molar-refractivity contribution in [2.24, 2.45) is 0 Å². The van der Waals surface area contributed by atoms with Gasteiger partial charge < -0.3 is 4.74 Å². The normalized spacial score (nSPS) is 15.7. The third-order valence-corrected chi connectivity index (χ3v) is 5.57. The monoisotopic (exact) mass is 418 g/mol. The van der Waals surface area contributed by atoms with Crippen LogP contribution < -0.4 is 5.32 Å². The number of carbonyl (C=O) groups excluding carboxylic acids is 3. The highest BCUT2D eigenvalue weighted by molar-refractivity contribution is 6.09. The number of aryl methyl sites for hydroxylation is 1. The van der Waals surface area contributed by atoms with Crippen LogP contribution in [-0.2, 0) is 17.7 Å². The van der Waals surface area contributed by atoms with Crippen LogP contribution in [0.5, 0.6) is 0 Å². The van der Waals surface area contributed by atoms with E-state index in [1.165, 1.54) is 4.57 Å². The number of benzene rings is 2. The van der Waals surface area contributed by atoms with E-state index in [4.69, 9.17) is 4.74 Å². The molecule has 1 unspecified atom stereocenters. The van der Waals surface area contributed by atoms with Crippen molar-refractivity contribution in [1.82, 2.24) is 9.88 Å². The number of aldehydes is 1. The molecule has 0 saturated carbocycles. The largest absolute Gasteiger partial charge is 0.443 e. The van der Waals surface area contributed by atoms with Crippen molar-refractivity contribution in [1.29, 1.82) is 0 Å². The van der Waals surface area contributed by atoms with Crippen LogP contribution in [0, 0.1) is 0 Å². The molecule has 0 amide bonds. The molecule has 0 saturated heterocycles. The molecule has 31 heavy (non-hydrogen) atoms. The van der Waals surface area contributed by atoms with Gasteiger partial charge >= 0.3 is 6.09 Å². The standard InChI is InChI=1S/C25H26N2O4/c1-5-17-16(14-28)10-11-20-19(17)12-21(27(20)24(30)31-25(2,3)4)23(29)22-18-9-7-6-8-15(18)13-26-22/h6-12,14,22,26H,5,13H2,1-4H3. The number of fused-ring (bicyclic) bond motifs is 2. The Bertz CT molecular complexity index is 1200. The molecule has 2 aromatic carbocycles. The molecule has 1 aromatic heterocycles. The first-order valence-corrected chi connectivity index (χ1v) is 10.5. The van der Waals surface area contributed by atoms with Crippen LogP contribution in [0.2, 0.25) is 0 Å². The topological polar surface area (TPSA) is 77.4 Å². The molecule has 0 spiro atoms. The van der Waals surface area contributed by atoms with E-state index < -0.39 is 17.7 Å². The van der Waals surface area contributed by atoms with Gasteiger partial charge in [0.05, 0.1) is 17.3 Å². The van der Waals surface area contributed by atoms with E-state index >= 15 is 0 Å². The van der Waals surface area contributed by atoms with Gasteiger partial charge in [0, 0.05) is 17.5 Å². The zero-order chi connectivity index (χ0) is 22.3. The lowest BCUT2D eigenvalue weighted by atomic mass is 9.99. The van der Waals surface area contributed by atoms with Crippen LogP contribution in [0.25, 0.3) is 10.9 Å². The Balaban J connectivity index is 1.91. The summed E-state index contributed by atoms with van der Waals surface area (Å²) in [5, 5.41) is 3.97. The lowest BCUT2D eigenvalue weighted by molar-refractivity contribution is 0.0534. The smallest absolute Gasteiger partial charge is 0.419 e. The molecular weight excluding hydrogens is 392 g/mol. The van der Waals surface area contributed by atoms with Gasteiger partial charge in [0.2, 0.25) is 5.78 Å². The zero-order valence-corrected chi connectivity index (χ0v) is 18.2.